The van der Waals surface area contributed by atoms with E-state index in [1.165, 1.54) is 23.1 Å². The molecule has 0 bridgehead atoms. The molecule has 0 spiro atoms. The van der Waals surface area contributed by atoms with E-state index in [1.807, 2.05) is 37.3 Å². The molecule has 144 valence electrons. The van der Waals surface area contributed by atoms with Crippen LogP contribution in [0.2, 0.25) is 0 Å². The van der Waals surface area contributed by atoms with Crippen molar-refractivity contribution in [2.24, 2.45) is 0 Å². The predicted molar refractivity (Wildman–Crippen MR) is 111 cm³/mol. The van der Waals surface area contributed by atoms with Gasteiger partial charge in [-0.25, -0.2) is 0 Å². The van der Waals surface area contributed by atoms with E-state index in [4.69, 9.17) is 4.74 Å². The fourth-order valence-electron chi connectivity index (χ4n) is 2.15. The molecular weight excluding hydrogens is 396 g/mol. The molecule has 9 heteroatoms. The average Bonchev–Trinajstić information content (AvgIpc) is 3.11. The van der Waals surface area contributed by atoms with Gasteiger partial charge in [-0.15, -0.1) is 22.0 Å². The zero-order valence-electron chi connectivity index (χ0n) is 15.0. The first-order chi connectivity index (χ1) is 13.6. The molecule has 1 heterocycles. The van der Waals surface area contributed by atoms with E-state index in [0.717, 1.165) is 9.90 Å². The van der Waals surface area contributed by atoms with Gasteiger partial charge in [-0.1, -0.05) is 29.5 Å². The van der Waals surface area contributed by atoms with E-state index in [1.54, 1.807) is 24.3 Å². The maximum absolute atomic E-state index is 12.0. The second kappa shape index (κ2) is 9.86. The Bertz CT molecular complexity index is 930. The van der Waals surface area contributed by atoms with Gasteiger partial charge in [0.25, 0.3) is 5.91 Å². The van der Waals surface area contributed by atoms with Crippen LogP contribution < -0.4 is 15.4 Å². The van der Waals surface area contributed by atoms with Crippen molar-refractivity contribution in [1.82, 2.24) is 10.2 Å². The second-order valence-corrected chi connectivity index (χ2v) is 7.87. The number of thioether (sulfide) groups is 1. The highest BCUT2D eigenvalue weighted by atomic mass is 32.2. The van der Waals surface area contributed by atoms with Gasteiger partial charge in [0.05, 0.1) is 5.75 Å². The van der Waals surface area contributed by atoms with Crippen molar-refractivity contribution in [1.29, 1.82) is 0 Å². The van der Waals surface area contributed by atoms with E-state index >= 15 is 0 Å². The summed E-state index contributed by atoms with van der Waals surface area (Å²) in [6, 6.07) is 16.4. The molecule has 0 aliphatic rings. The van der Waals surface area contributed by atoms with Gasteiger partial charge < -0.3 is 10.1 Å². The van der Waals surface area contributed by atoms with Crippen LogP contribution in [0.25, 0.3) is 0 Å². The van der Waals surface area contributed by atoms with Crippen molar-refractivity contribution < 1.29 is 14.3 Å². The van der Waals surface area contributed by atoms with Crippen molar-refractivity contribution in [3.63, 3.8) is 0 Å². The fraction of sp³-hybridized carbons (Fsp3) is 0.158. The molecule has 0 aliphatic heterocycles. The van der Waals surface area contributed by atoms with E-state index in [0.29, 0.717) is 16.6 Å². The quantitative estimate of drug-likeness (QED) is 0.547. The van der Waals surface area contributed by atoms with E-state index in [2.05, 4.69) is 20.8 Å². The molecule has 0 saturated carbocycles. The number of para-hydroxylation sites is 1. The molecular formula is C19H18N4O3S2. The number of aromatic nitrogens is 2. The monoisotopic (exact) mass is 414 g/mol. The van der Waals surface area contributed by atoms with Crippen molar-refractivity contribution in [3.05, 3.63) is 59.6 Å². The summed E-state index contributed by atoms with van der Waals surface area (Å²) < 4.78 is 5.41. The van der Waals surface area contributed by atoms with Crippen molar-refractivity contribution >= 4 is 45.7 Å². The van der Waals surface area contributed by atoms with Gasteiger partial charge in [0.15, 0.2) is 6.61 Å². The minimum atomic E-state index is -0.240. The van der Waals surface area contributed by atoms with Crippen LogP contribution in [-0.2, 0) is 9.59 Å². The largest absolute Gasteiger partial charge is 0.484 e. The van der Waals surface area contributed by atoms with Crippen molar-refractivity contribution in [2.45, 2.75) is 11.8 Å². The summed E-state index contributed by atoms with van der Waals surface area (Å²) >= 11 is 2.73. The molecule has 2 aromatic carbocycles. The molecule has 3 aromatic rings. The van der Waals surface area contributed by atoms with Gasteiger partial charge in [0.2, 0.25) is 11.0 Å². The van der Waals surface area contributed by atoms with Gasteiger partial charge in [-0.2, -0.15) is 0 Å². The lowest BCUT2D eigenvalue weighted by Gasteiger charge is -2.08. The zero-order valence-corrected chi connectivity index (χ0v) is 16.7. The third-order valence-electron chi connectivity index (χ3n) is 3.39. The van der Waals surface area contributed by atoms with E-state index in [-0.39, 0.29) is 24.2 Å². The first-order valence-electron chi connectivity index (χ1n) is 8.39. The summed E-state index contributed by atoms with van der Waals surface area (Å²) in [5, 5.41) is 14.5. The Hall–Kier alpha value is -2.91. The maximum Gasteiger partial charge on any atom is 0.262 e. The third kappa shape index (κ3) is 6.36. The Balaban J connectivity index is 1.41. The van der Waals surface area contributed by atoms with Crippen LogP contribution in [0.3, 0.4) is 0 Å². The number of carbonyl (C=O) groups excluding carboxylic acids is 2. The molecule has 0 aliphatic carbocycles. The molecule has 2 amide bonds. The van der Waals surface area contributed by atoms with Crippen LogP contribution >= 0.6 is 23.1 Å². The van der Waals surface area contributed by atoms with Crippen molar-refractivity contribution in [2.75, 3.05) is 23.0 Å². The summed E-state index contributed by atoms with van der Waals surface area (Å²) in [5.41, 5.74) is 0.666. The van der Waals surface area contributed by atoms with Gasteiger partial charge in [0, 0.05) is 10.6 Å². The smallest absolute Gasteiger partial charge is 0.262 e. The molecule has 0 saturated heterocycles. The highest BCUT2D eigenvalue weighted by Gasteiger charge is 2.08. The number of nitrogens with one attached hydrogen (secondary N) is 2. The minimum Gasteiger partial charge on any atom is -0.484 e. The summed E-state index contributed by atoms with van der Waals surface area (Å²) in [6.07, 6.45) is 0. The SMILES string of the molecule is Cc1nnc(NC(=O)CSc2ccc(NC(=O)COc3ccccc3)cc2)s1. The number of aryl methyl sites for hydroxylation is 1. The van der Waals surface area contributed by atoms with Gasteiger partial charge in [-0.3, -0.25) is 14.9 Å². The summed E-state index contributed by atoms with van der Waals surface area (Å²) in [6.45, 7) is 1.77. The molecule has 0 atom stereocenters. The van der Waals surface area contributed by atoms with Gasteiger partial charge >= 0.3 is 0 Å². The molecule has 3 rings (SSSR count). The highest BCUT2D eigenvalue weighted by Crippen LogP contribution is 2.21. The number of anilines is 2. The normalized spacial score (nSPS) is 10.3. The van der Waals surface area contributed by atoms with Crippen LogP contribution in [0.1, 0.15) is 5.01 Å². The van der Waals surface area contributed by atoms with Crippen molar-refractivity contribution in [3.8, 4) is 5.75 Å². The fourth-order valence-corrected chi connectivity index (χ4v) is 3.45. The first-order valence-corrected chi connectivity index (χ1v) is 10.2. The number of benzene rings is 2. The molecule has 0 radical (unpaired) electrons. The standard InChI is InChI=1S/C19H18N4O3S2/c1-13-22-23-19(28-13)21-18(25)12-27-16-9-7-14(8-10-16)20-17(24)11-26-15-5-3-2-4-6-15/h2-10H,11-12H2,1H3,(H,20,24)(H,21,23,25). The summed E-state index contributed by atoms with van der Waals surface area (Å²) in [7, 11) is 0. The molecule has 2 N–H and O–H groups in total. The van der Waals surface area contributed by atoms with Crippen LogP contribution in [0.15, 0.2) is 59.5 Å². The lowest BCUT2D eigenvalue weighted by molar-refractivity contribution is -0.118. The molecule has 7 nitrogen and oxygen atoms in total. The number of hydrogen-bond acceptors (Lipinski definition) is 7. The Kier molecular flexibility index (Phi) is 6.99. The molecule has 0 fully saturated rings. The minimum absolute atomic E-state index is 0.0637. The van der Waals surface area contributed by atoms with Crippen LogP contribution in [0, 0.1) is 6.92 Å². The maximum atomic E-state index is 12.0. The first kappa shape index (κ1) is 19.8. The number of ether oxygens (including phenoxy) is 1. The Morgan fingerprint density at radius 2 is 1.75 bits per heavy atom. The second-order valence-electron chi connectivity index (χ2n) is 5.64. The summed E-state index contributed by atoms with van der Waals surface area (Å²) in [4.78, 5) is 24.8. The van der Waals surface area contributed by atoms with Gasteiger partial charge in [-0.05, 0) is 43.3 Å². The Labute approximate surface area is 170 Å². The number of carbonyl (C=O) groups is 2. The Morgan fingerprint density at radius 3 is 2.43 bits per heavy atom. The molecule has 0 unspecified atom stereocenters. The number of amides is 2. The van der Waals surface area contributed by atoms with E-state index < -0.39 is 0 Å². The number of nitrogens with zero attached hydrogens (tertiary/aromatic N) is 2. The molecule has 28 heavy (non-hydrogen) atoms. The third-order valence-corrected chi connectivity index (χ3v) is 5.16. The average molecular weight is 415 g/mol. The van der Waals surface area contributed by atoms with Crippen LogP contribution in [0.4, 0.5) is 10.8 Å². The number of hydrogen-bond donors (Lipinski definition) is 2. The molecule has 1 aromatic heterocycles. The summed E-state index contributed by atoms with van der Waals surface area (Å²) in [5.74, 6) is 0.522. The van der Waals surface area contributed by atoms with E-state index in [9.17, 15) is 9.59 Å². The van der Waals surface area contributed by atoms with Gasteiger partial charge in [0.1, 0.15) is 10.8 Å². The van der Waals surface area contributed by atoms with Crippen LogP contribution in [0.5, 0.6) is 5.75 Å². The zero-order chi connectivity index (χ0) is 19.8. The lowest BCUT2D eigenvalue weighted by Crippen LogP contribution is -2.20. The number of rotatable bonds is 8. The topological polar surface area (TPSA) is 93.2 Å². The lowest BCUT2D eigenvalue weighted by atomic mass is 10.3. The van der Waals surface area contributed by atoms with Crippen LogP contribution in [-0.4, -0.2) is 34.4 Å². The Morgan fingerprint density at radius 1 is 1.00 bits per heavy atom. The predicted octanol–water partition coefficient (Wildman–Crippen LogP) is 3.59. The highest BCUT2D eigenvalue weighted by molar-refractivity contribution is 8.00.